The fourth-order valence-electron chi connectivity index (χ4n) is 2.66. The van der Waals surface area contributed by atoms with E-state index in [4.69, 9.17) is 9.47 Å². The quantitative estimate of drug-likeness (QED) is 0.485. The van der Waals surface area contributed by atoms with Crippen LogP contribution >= 0.6 is 0 Å². The van der Waals surface area contributed by atoms with Crippen LogP contribution in [0.25, 0.3) is 0 Å². The molecule has 0 radical (unpaired) electrons. The van der Waals surface area contributed by atoms with E-state index in [1.807, 2.05) is 0 Å². The second-order valence-corrected chi connectivity index (χ2v) is 7.39. The summed E-state index contributed by atoms with van der Waals surface area (Å²) in [6.45, 7) is 6.14. The summed E-state index contributed by atoms with van der Waals surface area (Å²) in [5, 5.41) is 2.44. The molecule has 0 aromatic heterocycles. The first-order valence-corrected chi connectivity index (χ1v) is 8.97. The van der Waals surface area contributed by atoms with Crippen molar-refractivity contribution in [2.24, 2.45) is 0 Å². The summed E-state index contributed by atoms with van der Waals surface area (Å²) in [6, 6.07) is -1.10. The Morgan fingerprint density at radius 1 is 1.11 bits per heavy atom. The zero-order chi connectivity index (χ0) is 21.5. The molecule has 1 aliphatic rings. The normalized spacial score (nSPS) is 19.0. The van der Waals surface area contributed by atoms with E-state index in [9.17, 15) is 24.0 Å². The number of ketones is 1. The lowest BCUT2D eigenvalue weighted by Crippen LogP contribution is -2.52. The van der Waals surface area contributed by atoms with Crippen molar-refractivity contribution in [3.05, 3.63) is 0 Å². The molecule has 2 atom stereocenters. The Bertz CT molecular complexity index is 626. The standard InChI is InChI=1S/C18H28N2O8/c1-11(21)27-13-8-9-20(17(25)28-18(2,3)4)15(13)16(24)19-10-12(22)6-7-14(23)26-5/h13,15H,6-10H2,1-5H3,(H,19,24)/t13-,15-/m0/s1. The largest absolute Gasteiger partial charge is 0.469 e. The van der Waals surface area contributed by atoms with Gasteiger partial charge in [-0.15, -0.1) is 0 Å². The molecule has 1 saturated heterocycles. The summed E-state index contributed by atoms with van der Waals surface area (Å²) in [7, 11) is 1.22. The first-order valence-electron chi connectivity index (χ1n) is 8.97. The lowest BCUT2D eigenvalue weighted by molar-refractivity contribution is -0.149. The van der Waals surface area contributed by atoms with E-state index in [0.29, 0.717) is 0 Å². The Balaban J connectivity index is 2.77. The molecule has 158 valence electrons. The molecule has 1 heterocycles. The Hall–Kier alpha value is -2.65. The Morgan fingerprint density at radius 2 is 1.75 bits per heavy atom. The van der Waals surface area contributed by atoms with Gasteiger partial charge in [0.1, 0.15) is 11.7 Å². The van der Waals surface area contributed by atoms with Gasteiger partial charge in [0.05, 0.1) is 20.1 Å². The SMILES string of the molecule is COC(=O)CCC(=O)CNC(=O)[C@@H]1[C@@H](OC(C)=O)CCN1C(=O)OC(C)(C)C. The Labute approximate surface area is 163 Å². The minimum atomic E-state index is -1.10. The van der Waals surface area contributed by atoms with Gasteiger partial charge < -0.3 is 19.5 Å². The Kier molecular flexibility index (Phi) is 8.39. The van der Waals surface area contributed by atoms with Crippen molar-refractivity contribution in [2.45, 2.75) is 64.7 Å². The number of likely N-dealkylation sites (tertiary alicyclic amines) is 1. The van der Waals surface area contributed by atoms with Crippen LogP contribution in [0, 0.1) is 0 Å². The molecule has 28 heavy (non-hydrogen) atoms. The molecular weight excluding hydrogens is 372 g/mol. The lowest BCUT2D eigenvalue weighted by Gasteiger charge is -2.29. The van der Waals surface area contributed by atoms with E-state index in [1.165, 1.54) is 18.9 Å². The topological polar surface area (TPSA) is 128 Å². The van der Waals surface area contributed by atoms with Crippen LogP contribution in [-0.2, 0) is 33.4 Å². The van der Waals surface area contributed by atoms with Crippen molar-refractivity contribution in [1.82, 2.24) is 10.2 Å². The highest BCUT2D eigenvalue weighted by atomic mass is 16.6. The van der Waals surface area contributed by atoms with Crippen LogP contribution in [0.2, 0.25) is 0 Å². The van der Waals surface area contributed by atoms with Crippen molar-refractivity contribution >= 4 is 29.7 Å². The van der Waals surface area contributed by atoms with Gasteiger partial charge >= 0.3 is 18.0 Å². The molecule has 1 N–H and O–H groups in total. The monoisotopic (exact) mass is 400 g/mol. The van der Waals surface area contributed by atoms with Crippen molar-refractivity contribution < 1.29 is 38.2 Å². The molecule has 2 amide bonds. The molecule has 10 nitrogen and oxygen atoms in total. The maximum Gasteiger partial charge on any atom is 0.411 e. The van der Waals surface area contributed by atoms with Crippen LogP contribution in [-0.4, -0.2) is 72.6 Å². The molecule has 0 saturated carbocycles. The number of hydrogen-bond donors (Lipinski definition) is 1. The van der Waals surface area contributed by atoms with Gasteiger partial charge in [0.2, 0.25) is 5.91 Å². The van der Waals surface area contributed by atoms with E-state index in [0.717, 1.165) is 0 Å². The van der Waals surface area contributed by atoms with E-state index >= 15 is 0 Å². The van der Waals surface area contributed by atoms with Gasteiger partial charge in [-0.25, -0.2) is 4.79 Å². The molecule has 1 fully saturated rings. The number of ether oxygens (including phenoxy) is 3. The van der Waals surface area contributed by atoms with Crippen LogP contribution < -0.4 is 5.32 Å². The van der Waals surface area contributed by atoms with E-state index in [-0.39, 0.29) is 38.1 Å². The molecule has 10 heteroatoms. The van der Waals surface area contributed by atoms with Gasteiger partial charge in [0.15, 0.2) is 11.8 Å². The molecule has 1 aliphatic heterocycles. The predicted octanol–water partition coefficient (Wildman–Crippen LogP) is 0.566. The number of esters is 2. The van der Waals surface area contributed by atoms with Gasteiger partial charge in [-0.1, -0.05) is 0 Å². The maximum atomic E-state index is 12.6. The summed E-state index contributed by atoms with van der Waals surface area (Å²) < 4.78 is 14.9. The summed E-state index contributed by atoms with van der Waals surface area (Å²) in [6.07, 6.45) is -1.45. The van der Waals surface area contributed by atoms with E-state index < -0.39 is 41.7 Å². The number of Topliss-reactive ketones (excluding diaryl/α,β-unsaturated/α-hetero) is 1. The van der Waals surface area contributed by atoms with Crippen molar-refractivity contribution in [3.63, 3.8) is 0 Å². The fourth-order valence-corrected chi connectivity index (χ4v) is 2.66. The first-order chi connectivity index (χ1) is 12.9. The summed E-state index contributed by atoms with van der Waals surface area (Å²) in [4.78, 5) is 60.5. The second-order valence-electron chi connectivity index (χ2n) is 7.39. The van der Waals surface area contributed by atoms with Crippen molar-refractivity contribution in [1.29, 1.82) is 0 Å². The number of carbonyl (C=O) groups is 5. The third-order valence-electron chi connectivity index (χ3n) is 3.85. The van der Waals surface area contributed by atoms with Gasteiger partial charge in [0, 0.05) is 26.3 Å². The smallest absolute Gasteiger partial charge is 0.411 e. The second kappa shape index (κ2) is 10.0. The van der Waals surface area contributed by atoms with Gasteiger partial charge in [-0.3, -0.25) is 24.1 Å². The number of carbonyl (C=O) groups excluding carboxylic acids is 5. The highest BCUT2D eigenvalue weighted by Crippen LogP contribution is 2.24. The van der Waals surface area contributed by atoms with Crippen molar-refractivity contribution in [3.8, 4) is 0 Å². The summed E-state index contributed by atoms with van der Waals surface area (Å²) >= 11 is 0. The van der Waals surface area contributed by atoms with Crippen LogP contribution in [0.4, 0.5) is 4.79 Å². The van der Waals surface area contributed by atoms with Crippen LogP contribution in [0.1, 0.15) is 47.0 Å². The number of amides is 2. The number of nitrogens with one attached hydrogen (secondary N) is 1. The number of methoxy groups -OCH3 is 1. The van der Waals surface area contributed by atoms with Crippen LogP contribution in [0.3, 0.4) is 0 Å². The first kappa shape index (κ1) is 23.4. The number of nitrogens with zero attached hydrogens (tertiary/aromatic N) is 1. The average Bonchev–Trinajstić information content (AvgIpc) is 2.98. The summed E-state index contributed by atoms with van der Waals surface area (Å²) in [5.74, 6) is -2.12. The molecule has 0 aromatic rings. The maximum absolute atomic E-state index is 12.6. The van der Waals surface area contributed by atoms with Gasteiger partial charge in [-0.2, -0.15) is 0 Å². The fraction of sp³-hybridized carbons (Fsp3) is 0.722. The zero-order valence-electron chi connectivity index (χ0n) is 16.9. The van der Waals surface area contributed by atoms with Gasteiger partial charge in [-0.05, 0) is 20.8 Å². The third kappa shape index (κ3) is 7.53. The zero-order valence-corrected chi connectivity index (χ0v) is 16.9. The third-order valence-corrected chi connectivity index (χ3v) is 3.85. The lowest BCUT2D eigenvalue weighted by atomic mass is 10.1. The molecule has 0 aliphatic carbocycles. The highest BCUT2D eigenvalue weighted by Gasteiger charge is 2.45. The molecule has 0 unspecified atom stereocenters. The minimum Gasteiger partial charge on any atom is -0.469 e. The molecule has 0 bridgehead atoms. The van der Waals surface area contributed by atoms with E-state index in [1.54, 1.807) is 20.8 Å². The molecule has 0 aromatic carbocycles. The van der Waals surface area contributed by atoms with Crippen LogP contribution in [0.5, 0.6) is 0 Å². The number of hydrogen-bond acceptors (Lipinski definition) is 8. The Morgan fingerprint density at radius 3 is 2.29 bits per heavy atom. The highest BCUT2D eigenvalue weighted by molar-refractivity contribution is 5.92. The average molecular weight is 400 g/mol. The molecule has 0 spiro atoms. The van der Waals surface area contributed by atoms with E-state index in [2.05, 4.69) is 10.1 Å². The minimum absolute atomic E-state index is 0.0826. The van der Waals surface area contributed by atoms with Crippen LogP contribution in [0.15, 0.2) is 0 Å². The summed E-state index contributed by atoms with van der Waals surface area (Å²) in [5.41, 5.74) is -0.762. The van der Waals surface area contributed by atoms with Gasteiger partial charge in [0.25, 0.3) is 0 Å². The number of rotatable bonds is 7. The molecule has 1 rings (SSSR count). The molecular formula is C18H28N2O8. The predicted molar refractivity (Wildman–Crippen MR) is 96.2 cm³/mol. The van der Waals surface area contributed by atoms with Crippen molar-refractivity contribution in [2.75, 3.05) is 20.2 Å².